The van der Waals surface area contributed by atoms with Crippen LogP contribution in [0, 0.1) is 0 Å². The van der Waals surface area contributed by atoms with Gasteiger partial charge in [-0.15, -0.1) is 0 Å². The Morgan fingerprint density at radius 1 is 1.04 bits per heavy atom. The second kappa shape index (κ2) is 6.77. The fourth-order valence-corrected chi connectivity index (χ4v) is 3.03. The number of benzene rings is 2. The van der Waals surface area contributed by atoms with Crippen molar-refractivity contribution in [3.8, 4) is 0 Å². The minimum absolute atomic E-state index is 0.0955. The smallest absolute Gasteiger partial charge is 0.254 e. The second-order valence-corrected chi connectivity index (χ2v) is 6.12. The van der Waals surface area contributed by atoms with Crippen molar-refractivity contribution in [1.29, 1.82) is 0 Å². The van der Waals surface area contributed by atoms with Crippen molar-refractivity contribution in [3.05, 3.63) is 77.5 Å². The molecule has 1 aromatic heterocycles. The van der Waals surface area contributed by atoms with Crippen LogP contribution in [-0.4, -0.2) is 34.1 Å². The largest absolute Gasteiger partial charge is 0.335 e. The summed E-state index contributed by atoms with van der Waals surface area (Å²) >= 11 is 0. The molecule has 124 valence electrons. The molecule has 3 aromatic rings. The van der Waals surface area contributed by atoms with Crippen LogP contribution >= 0.6 is 0 Å². The minimum atomic E-state index is 0.0955. The number of nitrogens with zero attached hydrogens (tertiary/aromatic N) is 2. The summed E-state index contributed by atoms with van der Waals surface area (Å²) in [5.41, 5.74) is 3.72. The number of carbonyl (C=O) groups is 1. The Kier molecular flexibility index (Phi) is 4.17. The maximum atomic E-state index is 12.5. The third-order valence-electron chi connectivity index (χ3n) is 4.44. The molecule has 0 spiro atoms. The average molecular weight is 329 g/mol. The number of para-hydroxylation sites is 1. The van der Waals surface area contributed by atoms with Gasteiger partial charge in [-0.05, 0) is 36.3 Å². The Morgan fingerprint density at radius 2 is 1.88 bits per heavy atom. The highest BCUT2D eigenvalue weighted by molar-refractivity contribution is 5.95. The van der Waals surface area contributed by atoms with E-state index in [-0.39, 0.29) is 5.91 Å². The number of carbonyl (C=O) groups excluding carboxylic acids is 1. The van der Waals surface area contributed by atoms with Gasteiger partial charge in [0.1, 0.15) is 0 Å². The number of H-pyrrole nitrogens is 1. The summed E-state index contributed by atoms with van der Waals surface area (Å²) in [7, 11) is 0. The van der Waals surface area contributed by atoms with E-state index in [2.05, 4.69) is 16.3 Å². The number of fused-ring (bicyclic) bond motifs is 1. The summed E-state index contributed by atoms with van der Waals surface area (Å²) in [6, 6.07) is 15.8. The van der Waals surface area contributed by atoms with Gasteiger partial charge in [0.05, 0.1) is 11.2 Å². The molecule has 2 heterocycles. The molecule has 0 radical (unpaired) electrons. The van der Waals surface area contributed by atoms with Crippen molar-refractivity contribution in [1.82, 2.24) is 15.1 Å². The van der Waals surface area contributed by atoms with Gasteiger partial charge in [-0.2, -0.15) is 5.10 Å². The summed E-state index contributed by atoms with van der Waals surface area (Å²) in [6.07, 6.45) is 9.11. The van der Waals surface area contributed by atoms with Gasteiger partial charge in [-0.25, -0.2) is 0 Å². The lowest BCUT2D eigenvalue weighted by Gasteiger charge is -2.23. The van der Waals surface area contributed by atoms with Gasteiger partial charge in [0.25, 0.3) is 5.91 Å². The highest BCUT2D eigenvalue weighted by Gasteiger charge is 2.15. The van der Waals surface area contributed by atoms with Crippen molar-refractivity contribution in [3.63, 3.8) is 0 Å². The Hall–Kier alpha value is -3.14. The van der Waals surface area contributed by atoms with E-state index in [1.54, 1.807) is 0 Å². The van der Waals surface area contributed by atoms with E-state index >= 15 is 0 Å². The monoisotopic (exact) mass is 329 g/mol. The van der Waals surface area contributed by atoms with E-state index in [4.69, 9.17) is 0 Å². The van der Waals surface area contributed by atoms with Crippen LogP contribution in [0.5, 0.6) is 0 Å². The molecular formula is C21H19N3O. The number of nitrogens with one attached hydrogen (secondary N) is 1. The summed E-state index contributed by atoms with van der Waals surface area (Å²) in [4.78, 5) is 14.3. The maximum Gasteiger partial charge on any atom is 0.254 e. The van der Waals surface area contributed by atoms with E-state index < -0.39 is 0 Å². The molecule has 0 unspecified atom stereocenters. The molecule has 25 heavy (non-hydrogen) atoms. The van der Waals surface area contributed by atoms with Crippen LogP contribution in [0.25, 0.3) is 23.1 Å². The fourth-order valence-electron chi connectivity index (χ4n) is 3.03. The lowest BCUT2D eigenvalue weighted by molar-refractivity contribution is 0.0771. The topological polar surface area (TPSA) is 49.0 Å². The molecule has 0 bridgehead atoms. The van der Waals surface area contributed by atoms with Crippen LogP contribution in [0.4, 0.5) is 0 Å². The van der Waals surface area contributed by atoms with Crippen molar-refractivity contribution < 1.29 is 4.79 Å². The van der Waals surface area contributed by atoms with E-state index in [0.717, 1.165) is 40.7 Å². The third-order valence-corrected chi connectivity index (χ3v) is 4.44. The van der Waals surface area contributed by atoms with Crippen molar-refractivity contribution >= 4 is 29.0 Å². The van der Waals surface area contributed by atoms with Crippen LogP contribution in [0.15, 0.2) is 60.7 Å². The standard InChI is InChI=1S/C21H19N3O/c25-21(24-14-4-1-5-15-24)17-11-8-16(9-12-17)10-13-20-18-6-2-3-7-19(18)22-23-20/h1-4,6-13H,5,14-15H2,(H,22,23). The first-order valence-electron chi connectivity index (χ1n) is 8.47. The first kappa shape index (κ1) is 15.4. The molecule has 2 aromatic carbocycles. The zero-order chi connectivity index (χ0) is 17.1. The van der Waals surface area contributed by atoms with Crippen molar-refractivity contribution in [2.45, 2.75) is 6.42 Å². The first-order valence-corrected chi connectivity index (χ1v) is 8.47. The predicted molar refractivity (Wildman–Crippen MR) is 101 cm³/mol. The predicted octanol–water partition coefficient (Wildman–Crippen LogP) is 4.14. The average Bonchev–Trinajstić information content (AvgIpc) is 3.10. The van der Waals surface area contributed by atoms with Gasteiger partial charge < -0.3 is 4.90 Å². The number of rotatable bonds is 3. The Labute approximate surface area is 146 Å². The lowest BCUT2D eigenvalue weighted by Crippen LogP contribution is -2.33. The number of hydrogen-bond acceptors (Lipinski definition) is 2. The molecule has 4 heteroatoms. The molecule has 0 saturated carbocycles. The quantitative estimate of drug-likeness (QED) is 0.734. The number of amides is 1. The third kappa shape index (κ3) is 3.24. The Balaban J connectivity index is 1.50. The molecule has 0 fully saturated rings. The fraction of sp³-hybridized carbons (Fsp3) is 0.143. The zero-order valence-corrected chi connectivity index (χ0v) is 13.9. The molecule has 0 saturated heterocycles. The molecular weight excluding hydrogens is 310 g/mol. The van der Waals surface area contributed by atoms with Gasteiger partial charge >= 0.3 is 0 Å². The molecule has 1 amide bonds. The maximum absolute atomic E-state index is 12.5. The molecule has 4 rings (SSSR count). The highest BCUT2D eigenvalue weighted by atomic mass is 16.2. The molecule has 0 aliphatic carbocycles. The summed E-state index contributed by atoms with van der Waals surface area (Å²) < 4.78 is 0. The van der Waals surface area contributed by atoms with Gasteiger partial charge in [0.2, 0.25) is 0 Å². The number of aromatic amines is 1. The van der Waals surface area contributed by atoms with Crippen molar-refractivity contribution in [2.24, 2.45) is 0 Å². The molecule has 1 N–H and O–H groups in total. The summed E-state index contributed by atoms with van der Waals surface area (Å²) in [6.45, 7) is 1.50. The lowest BCUT2D eigenvalue weighted by atomic mass is 10.1. The van der Waals surface area contributed by atoms with Crippen LogP contribution in [0.1, 0.15) is 28.0 Å². The van der Waals surface area contributed by atoms with Crippen LogP contribution in [0.2, 0.25) is 0 Å². The number of aromatic nitrogens is 2. The first-order chi connectivity index (χ1) is 12.3. The molecule has 1 aliphatic rings. The number of hydrogen-bond donors (Lipinski definition) is 1. The van der Waals surface area contributed by atoms with E-state index in [1.807, 2.05) is 71.7 Å². The van der Waals surface area contributed by atoms with Crippen molar-refractivity contribution in [2.75, 3.05) is 13.1 Å². The SMILES string of the molecule is O=C(c1ccc(C=Cc2n[nH]c3ccccc23)cc1)N1CC=CCC1. The van der Waals surface area contributed by atoms with Gasteiger partial charge in [-0.3, -0.25) is 9.89 Å². The second-order valence-electron chi connectivity index (χ2n) is 6.12. The summed E-state index contributed by atoms with van der Waals surface area (Å²) in [5, 5.41) is 8.47. The normalized spacial score (nSPS) is 14.5. The van der Waals surface area contributed by atoms with Gasteiger partial charge in [-0.1, -0.05) is 48.6 Å². The molecule has 4 nitrogen and oxygen atoms in total. The Bertz CT molecular complexity index is 951. The van der Waals surface area contributed by atoms with E-state index in [9.17, 15) is 4.79 Å². The van der Waals surface area contributed by atoms with E-state index in [1.165, 1.54) is 0 Å². The van der Waals surface area contributed by atoms with E-state index in [0.29, 0.717) is 6.54 Å². The van der Waals surface area contributed by atoms with Gasteiger partial charge in [0.15, 0.2) is 0 Å². The Morgan fingerprint density at radius 3 is 2.68 bits per heavy atom. The zero-order valence-electron chi connectivity index (χ0n) is 13.9. The summed E-state index contributed by atoms with van der Waals surface area (Å²) in [5.74, 6) is 0.0955. The van der Waals surface area contributed by atoms with Crippen LogP contribution in [-0.2, 0) is 0 Å². The van der Waals surface area contributed by atoms with Gasteiger partial charge in [0, 0.05) is 24.0 Å². The minimum Gasteiger partial charge on any atom is -0.335 e. The highest BCUT2D eigenvalue weighted by Crippen LogP contribution is 2.18. The van der Waals surface area contributed by atoms with Crippen LogP contribution in [0.3, 0.4) is 0 Å². The molecule has 0 atom stereocenters. The molecule has 1 aliphatic heterocycles. The van der Waals surface area contributed by atoms with Crippen LogP contribution < -0.4 is 0 Å².